The van der Waals surface area contributed by atoms with Gasteiger partial charge in [0, 0.05) is 24.9 Å². The molecule has 0 bridgehead atoms. The molecule has 2 aromatic carbocycles. The van der Waals surface area contributed by atoms with Crippen LogP contribution in [0.3, 0.4) is 0 Å². The van der Waals surface area contributed by atoms with Crippen LogP contribution in [0.25, 0.3) is 0 Å². The first-order chi connectivity index (χ1) is 12.5. The maximum Gasteiger partial charge on any atom is 0.220 e. The Labute approximate surface area is 153 Å². The van der Waals surface area contributed by atoms with Crippen molar-refractivity contribution in [2.45, 2.75) is 39.7 Å². The molecule has 0 aromatic heterocycles. The van der Waals surface area contributed by atoms with E-state index in [2.05, 4.69) is 5.32 Å². The molecule has 26 heavy (non-hydrogen) atoms. The molecule has 2 aromatic rings. The van der Waals surface area contributed by atoms with Gasteiger partial charge in [0.15, 0.2) is 5.78 Å². The van der Waals surface area contributed by atoms with E-state index in [0.717, 1.165) is 17.7 Å². The second kappa shape index (κ2) is 9.70. The highest BCUT2D eigenvalue weighted by Gasteiger charge is 2.10. The minimum Gasteiger partial charge on any atom is -0.494 e. The number of halogens is 1. The van der Waals surface area contributed by atoms with E-state index in [1.807, 2.05) is 6.92 Å². The number of amides is 1. The van der Waals surface area contributed by atoms with Gasteiger partial charge in [-0.05, 0) is 54.8 Å². The highest BCUT2D eigenvalue weighted by molar-refractivity contribution is 5.98. The first-order valence-electron chi connectivity index (χ1n) is 8.77. The van der Waals surface area contributed by atoms with Crippen molar-refractivity contribution < 1.29 is 18.7 Å². The Bertz CT molecular complexity index is 756. The number of Topliss-reactive ketones (excluding diaryl/α,β-unsaturated/α-hetero) is 1. The van der Waals surface area contributed by atoms with Crippen molar-refractivity contribution in [2.24, 2.45) is 0 Å². The van der Waals surface area contributed by atoms with Crippen molar-refractivity contribution in [3.63, 3.8) is 0 Å². The zero-order valence-corrected chi connectivity index (χ0v) is 15.2. The average Bonchev–Trinajstić information content (AvgIpc) is 2.65. The summed E-state index contributed by atoms with van der Waals surface area (Å²) in [5, 5.41) is 2.75. The number of aryl methyl sites for hydroxylation is 1. The van der Waals surface area contributed by atoms with E-state index < -0.39 is 0 Å². The minimum atomic E-state index is -0.267. The summed E-state index contributed by atoms with van der Waals surface area (Å²) in [6.45, 7) is 4.66. The summed E-state index contributed by atoms with van der Waals surface area (Å²) in [6.07, 6.45) is 1.18. The Balaban J connectivity index is 1.77. The van der Waals surface area contributed by atoms with Gasteiger partial charge >= 0.3 is 0 Å². The van der Waals surface area contributed by atoms with E-state index >= 15 is 0 Å². The van der Waals surface area contributed by atoms with Crippen molar-refractivity contribution in [3.8, 4) is 5.75 Å². The van der Waals surface area contributed by atoms with Crippen molar-refractivity contribution in [1.82, 2.24) is 5.32 Å². The Morgan fingerprint density at radius 3 is 2.46 bits per heavy atom. The van der Waals surface area contributed by atoms with Crippen molar-refractivity contribution in [2.75, 3.05) is 6.61 Å². The second-order valence-electron chi connectivity index (χ2n) is 6.16. The lowest BCUT2D eigenvalue weighted by Gasteiger charge is -2.07. The number of carbonyl (C=O) groups is 2. The minimum absolute atomic E-state index is 0.0835. The number of ether oxygens (including phenoxy) is 1. The Morgan fingerprint density at radius 2 is 1.81 bits per heavy atom. The molecule has 0 unspecified atom stereocenters. The lowest BCUT2D eigenvalue weighted by Crippen LogP contribution is -2.23. The summed E-state index contributed by atoms with van der Waals surface area (Å²) >= 11 is 0. The van der Waals surface area contributed by atoms with Crippen LogP contribution in [0.1, 0.15) is 47.7 Å². The lowest BCUT2D eigenvalue weighted by atomic mass is 10.1. The molecule has 1 N–H and O–H groups in total. The standard InChI is InChI=1S/C21H24FNO3/c1-3-12-26-18-7-5-17(6-8-18)20(24)10-11-21(25)23-14-16-4-9-19(22)15(2)13-16/h4-9,13H,3,10-12,14H2,1-2H3,(H,23,25). The predicted molar refractivity (Wildman–Crippen MR) is 98.8 cm³/mol. The van der Waals surface area contributed by atoms with E-state index in [1.165, 1.54) is 6.07 Å². The maximum absolute atomic E-state index is 13.2. The number of rotatable bonds is 9. The molecule has 0 aliphatic carbocycles. The fourth-order valence-corrected chi connectivity index (χ4v) is 2.43. The molecule has 0 heterocycles. The van der Waals surface area contributed by atoms with Gasteiger partial charge in [0.05, 0.1) is 6.61 Å². The van der Waals surface area contributed by atoms with Crippen LogP contribution in [0, 0.1) is 12.7 Å². The summed E-state index contributed by atoms with van der Waals surface area (Å²) < 4.78 is 18.7. The summed E-state index contributed by atoms with van der Waals surface area (Å²) in [4.78, 5) is 24.1. The molecule has 5 heteroatoms. The number of benzene rings is 2. The van der Waals surface area contributed by atoms with Crippen LogP contribution in [0.5, 0.6) is 5.75 Å². The molecule has 0 saturated heterocycles. The number of hydrogen-bond donors (Lipinski definition) is 1. The number of hydrogen-bond acceptors (Lipinski definition) is 3. The van der Waals surface area contributed by atoms with Crippen LogP contribution in [-0.4, -0.2) is 18.3 Å². The molecule has 0 atom stereocenters. The normalized spacial score (nSPS) is 10.4. The third kappa shape index (κ3) is 5.99. The summed E-state index contributed by atoms with van der Waals surface area (Å²) in [6, 6.07) is 11.7. The third-order valence-electron chi connectivity index (χ3n) is 3.94. The molecule has 0 aliphatic rings. The second-order valence-corrected chi connectivity index (χ2v) is 6.16. The largest absolute Gasteiger partial charge is 0.494 e. The van der Waals surface area contributed by atoms with Gasteiger partial charge in [-0.25, -0.2) is 4.39 Å². The van der Waals surface area contributed by atoms with Gasteiger partial charge < -0.3 is 10.1 Å². The van der Waals surface area contributed by atoms with E-state index in [1.54, 1.807) is 43.3 Å². The SMILES string of the molecule is CCCOc1ccc(C(=O)CCC(=O)NCc2ccc(F)c(C)c2)cc1. The molecule has 0 saturated carbocycles. The van der Waals surface area contributed by atoms with Gasteiger partial charge in [-0.3, -0.25) is 9.59 Å². The zero-order chi connectivity index (χ0) is 18.9. The fourth-order valence-electron chi connectivity index (χ4n) is 2.43. The fraction of sp³-hybridized carbons (Fsp3) is 0.333. The first kappa shape index (κ1) is 19.6. The van der Waals surface area contributed by atoms with Crippen molar-refractivity contribution in [1.29, 1.82) is 0 Å². The average molecular weight is 357 g/mol. The molecule has 4 nitrogen and oxygen atoms in total. The third-order valence-corrected chi connectivity index (χ3v) is 3.94. The van der Waals surface area contributed by atoms with E-state index in [0.29, 0.717) is 24.3 Å². The highest BCUT2D eigenvalue weighted by atomic mass is 19.1. The van der Waals surface area contributed by atoms with E-state index in [4.69, 9.17) is 4.74 Å². The molecule has 1 amide bonds. The van der Waals surface area contributed by atoms with Crippen molar-refractivity contribution in [3.05, 3.63) is 65.0 Å². The van der Waals surface area contributed by atoms with Gasteiger partial charge in [-0.2, -0.15) is 0 Å². The molecule has 0 aliphatic heterocycles. The Morgan fingerprint density at radius 1 is 1.08 bits per heavy atom. The van der Waals surface area contributed by atoms with Crippen LogP contribution >= 0.6 is 0 Å². The summed E-state index contributed by atoms with van der Waals surface area (Å²) in [5.41, 5.74) is 1.93. The predicted octanol–water partition coefficient (Wildman–Crippen LogP) is 4.20. The van der Waals surface area contributed by atoms with Crippen LogP contribution < -0.4 is 10.1 Å². The maximum atomic E-state index is 13.2. The quantitative estimate of drug-likeness (QED) is 0.684. The molecule has 0 fully saturated rings. The van der Waals surface area contributed by atoms with Crippen LogP contribution in [0.15, 0.2) is 42.5 Å². The smallest absolute Gasteiger partial charge is 0.220 e. The molecule has 0 spiro atoms. The lowest BCUT2D eigenvalue weighted by molar-refractivity contribution is -0.121. The molecule has 138 valence electrons. The highest BCUT2D eigenvalue weighted by Crippen LogP contribution is 2.14. The van der Waals surface area contributed by atoms with E-state index in [9.17, 15) is 14.0 Å². The summed E-state index contributed by atoms with van der Waals surface area (Å²) in [7, 11) is 0. The van der Waals surface area contributed by atoms with Gasteiger partial charge in [0.25, 0.3) is 0 Å². The molecular formula is C21H24FNO3. The van der Waals surface area contributed by atoms with Gasteiger partial charge in [0.1, 0.15) is 11.6 Å². The topological polar surface area (TPSA) is 55.4 Å². The van der Waals surface area contributed by atoms with Crippen molar-refractivity contribution >= 4 is 11.7 Å². The Hall–Kier alpha value is -2.69. The van der Waals surface area contributed by atoms with Crippen LogP contribution in [0.2, 0.25) is 0 Å². The zero-order valence-electron chi connectivity index (χ0n) is 15.2. The molecular weight excluding hydrogens is 333 g/mol. The number of carbonyl (C=O) groups excluding carboxylic acids is 2. The first-order valence-corrected chi connectivity index (χ1v) is 8.77. The van der Waals surface area contributed by atoms with Crippen LogP contribution in [0.4, 0.5) is 4.39 Å². The van der Waals surface area contributed by atoms with Gasteiger partial charge in [0.2, 0.25) is 5.91 Å². The number of nitrogens with one attached hydrogen (secondary N) is 1. The molecule has 0 radical (unpaired) electrons. The number of ketones is 1. The van der Waals surface area contributed by atoms with Gasteiger partial charge in [-0.1, -0.05) is 19.1 Å². The van der Waals surface area contributed by atoms with Gasteiger partial charge in [-0.15, -0.1) is 0 Å². The monoisotopic (exact) mass is 357 g/mol. The van der Waals surface area contributed by atoms with E-state index in [-0.39, 0.29) is 30.3 Å². The van der Waals surface area contributed by atoms with Crippen LogP contribution in [-0.2, 0) is 11.3 Å². The molecule has 2 rings (SSSR count). The summed E-state index contributed by atoms with van der Waals surface area (Å²) in [5.74, 6) is 0.176. The Kier molecular flexibility index (Phi) is 7.33.